The van der Waals surface area contributed by atoms with Crippen LogP contribution in [0.2, 0.25) is 0 Å². The molecule has 0 spiro atoms. The zero-order valence-electron chi connectivity index (χ0n) is 5.33. The van der Waals surface area contributed by atoms with Crippen LogP contribution >= 0.6 is 0 Å². The highest BCUT2D eigenvalue weighted by Gasteiger charge is 2.46. The van der Waals surface area contributed by atoms with Gasteiger partial charge in [0.1, 0.15) is 0 Å². The topological polar surface area (TPSA) is 40.5 Å². The third-order valence-electron chi connectivity index (χ3n) is 2.83. The molecule has 0 aromatic heterocycles. The Morgan fingerprint density at radius 1 is 1.11 bits per heavy atom. The summed E-state index contributed by atoms with van der Waals surface area (Å²) in [5.41, 5.74) is 0. The van der Waals surface area contributed by atoms with Gasteiger partial charge in [-0.1, -0.05) is 0 Å². The van der Waals surface area contributed by atoms with Crippen molar-refractivity contribution in [3.8, 4) is 0 Å². The van der Waals surface area contributed by atoms with Crippen LogP contribution in [0.15, 0.2) is 0 Å². The van der Waals surface area contributed by atoms with Crippen LogP contribution in [-0.4, -0.2) is 22.4 Å². The molecule has 0 radical (unpaired) electrons. The lowest BCUT2D eigenvalue weighted by Gasteiger charge is -2.13. The largest absolute Gasteiger partial charge is 0.393 e. The van der Waals surface area contributed by atoms with Gasteiger partial charge in [-0.25, -0.2) is 0 Å². The molecule has 4 atom stereocenters. The highest BCUT2D eigenvalue weighted by Crippen LogP contribution is 2.44. The van der Waals surface area contributed by atoms with Gasteiger partial charge in [-0.15, -0.1) is 0 Å². The molecule has 2 aliphatic carbocycles. The van der Waals surface area contributed by atoms with E-state index in [2.05, 4.69) is 0 Å². The average molecular weight is 128 g/mol. The third-order valence-corrected chi connectivity index (χ3v) is 2.83. The first-order valence-electron chi connectivity index (χ1n) is 3.65. The Bertz CT molecular complexity index is 124. The maximum absolute atomic E-state index is 9.34. The fraction of sp³-hybridized carbons (Fsp3) is 1.00. The van der Waals surface area contributed by atoms with Gasteiger partial charge in [-0.2, -0.15) is 0 Å². The standard InChI is InChI=1S/C7H12O2/c8-6-3-4-1-2-5(6)7(4)9/h4-9H,1-3H2/t4-,5+,6-,7+/m0/s1. The highest BCUT2D eigenvalue weighted by atomic mass is 16.3. The van der Waals surface area contributed by atoms with Gasteiger partial charge >= 0.3 is 0 Å². The van der Waals surface area contributed by atoms with Crippen molar-refractivity contribution in [2.75, 3.05) is 0 Å². The molecule has 2 fully saturated rings. The molecule has 2 saturated carbocycles. The van der Waals surface area contributed by atoms with Crippen LogP contribution in [0.5, 0.6) is 0 Å². The number of aliphatic hydroxyl groups is 2. The van der Waals surface area contributed by atoms with E-state index >= 15 is 0 Å². The fourth-order valence-corrected chi connectivity index (χ4v) is 2.26. The molecule has 0 aromatic rings. The molecule has 2 aliphatic rings. The second kappa shape index (κ2) is 1.70. The van der Waals surface area contributed by atoms with Crippen molar-refractivity contribution in [2.45, 2.75) is 31.5 Å². The molecule has 0 aliphatic heterocycles. The molecule has 2 bridgehead atoms. The maximum Gasteiger partial charge on any atom is 0.0622 e. The van der Waals surface area contributed by atoms with E-state index in [4.69, 9.17) is 0 Å². The predicted molar refractivity (Wildman–Crippen MR) is 32.8 cm³/mol. The molecule has 2 heteroatoms. The first kappa shape index (κ1) is 5.69. The molecule has 9 heavy (non-hydrogen) atoms. The van der Waals surface area contributed by atoms with Gasteiger partial charge in [0.15, 0.2) is 0 Å². The lowest BCUT2D eigenvalue weighted by Crippen LogP contribution is -2.19. The molecule has 0 saturated heterocycles. The molecular formula is C7H12O2. The van der Waals surface area contributed by atoms with E-state index in [0.717, 1.165) is 19.3 Å². The minimum absolute atomic E-state index is 0.181. The first-order valence-corrected chi connectivity index (χ1v) is 3.65. The van der Waals surface area contributed by atoms with Crippen LogP contribution in [0, 0.1) is 11.8 Å². The molecule has 2 nitrogen and oxygen atoms in total. The monoisotopic (exact) mass is 128 g/mol. The Morgan fingerprint density at radius 3 is 2.11 bits per heavy atom. The summed E-state index contributed by atoms with van der Waals surface area (Å²) >= 11 is 0. The number of aliphatic hydroxyl groups excluding tert-OH is 2. The van der Waals surface area contributed by atoms with Crippen molar-refractivity contribution in [3.05, 3.63) is 0 Å². The number of hydrogen-bond donors (Lipinski definition) is 2. The summed E-state index contributed by atoms with van der Waals surface area (Å²) < 4.78 is 0. The van der Waals surface area contributed by atoms with Gasteiger partial charge in [0.25, 0.3) is 0 Å². The molecule has 0 heterocycles. The summed E-state index contributed by atoms with van der Waals surface area (Å²) in [6, 6.07) is 0. The second-order valence-electron chi connectivity index (χ2n) is 3.29. The minimum atomic E-state index is -0.196. The summed E-state index contributed by atoms with van der Waals surface area (Å²) in [6.45, 7) is 0. The van der Waals surface area contributed by atoms with Crippen LogP contribution in [0.25, 0.3) is 0 Å². The summed E-state index contributed by atoms with van der Waals surface area (Å²) in [4.78, 5) is 0. The molecule has 2 rings (SSSR count). The highest BCUT2D eigenvalue weighted by molar-refractivity contribution is 4.96. The summed E-state index contributed by atoms with van der Waals surface area (Å²) in [5, 5.41) is 18.6. The Kier molecular flexibility index (Phi) is 1.08. The van der Waals surface area contributed by atoms with Crippen molar-refractivity contribution >= 4 is 0 Å². The van der Waals surface area contributed by atoms with Crippen LogP contribution in [0.3, 0.4) is 0 Å². The van der Waals surface area contributed by atoms with Crippen molar-refractivity contribution in [1.82, 2.24) is 0 Å². The van der Waals surface area contributed by atoms with E-state index in [-0.39, 0.29) is 18.1 Å². The first-order chi connectivity index (χ1) is 4.29. The quantitative estimate of drug-likeness (QED) is 0.487. The zero-order chi connectivity index (χ0) is 6.43. The smallest absolute Gasteiger partial charge is 0.0622 e. The number of rotatable bonds is 0. The number of hydrogen-bond acceptors (Lipinski definition) is 2. The summed E-state index contributed by atoms with van der Waals surface area (Å²) in [7, 11) is 0. The van der Waals surface area contributed by atoms with E-state index in [0.29, 0.717) is 5.92 Å². The van der Waals surface area contributed by atoms with Gasteiger partial charge in [0.2, 0.25) is 0 Å². The summed E-state index contributed by atoms with van der Waals surface area (Å²) in [5.74, 6) is 0.639. The van der Waals surface area contributed by atoms with Crippen molar-refractivity contribution in [3.63, 3.8) is 0 Å². The normalized spacial score (nSPS) is 56.7. The van der Waals surface area contributed by atoms with E-state index in [9.17, 15) is 10.2 Å². The van der Waals surface area contributed by atoms with Gasteiger partial charge in [-0.05, 0) is 25.2 Å². The van der Waals surface area contributed by atoms with E-state index in [1.54, 1.807) is 0 Å². The fourth-order valence-electron chi connectivity index (χ4n) is 2.26. The van der Waals surface area contributed by atoms with Crippen LogP contribution < -0.4 is 0 Å². The Balaban J connectivity index is 2.16. The van der Waals surface area contributed by atoms with Gasteiger partial charge < -0.3 is 10.2 Å². The zero-order valence-corrected chi connectivity index (χ0v) is 5.33. The Labute approximate surface area is 54.5 Å². The minimum Gasteiger partial charge on any atom is -0.393 e. The molecule has 0 amide bonds. The van der Waals surface area contributed by atoms with Crippen molar-refractivity contribution in [1.29, 1.82) is 0 Å². The summed E-state index contributed by atoms with van der Waals surface area (Å²) in [6.07, 6.45) is 2.63. The van der Waals surface area contributed by atoms with Gasteiger partial charge in [0, 0.05) is 5.92 Å². The Hall–Kier alpha value is -0.0800. The van der Waals surface area contributed by atoms with E-state index in [1.165, 1.54) is 0 Å². The lowest BCUT2D eigenvalue weighted by atomic mass is 9.98. The molecular weight excluding hydrogens is 116 g/mol. The molecule has 0 unspecified atom stereocenters. The molecule has 2 N–H and O–H groups in total. The van der Waals surface area contributed by atoms with Crippen LogP contribution in [-0.2, 0) is 0 Å². The molecule has 0 aromatic carbocycles. The predicted octanol–water partition coefficient (Wildman–Crippen LogP) is 0.138. The van der Waals surface area contributed by atoms with E-state index < -0.39 is 0 Å². The second-order valence-corrected chi connectivity index (χ2v) is 3.29. The van der Waals surface area contributed by atoms with Gasteiger partial charge in [-0.3, -0.25) is 0 Å². The van der Waals surface area contributed by atoms with Crippen molar-refractivity contribution in [2.24, 2.45) is 11.8 Å². The SMILES string of the molecule is O[C@@H]1[C@H]2CC[C@@H]1[C@@H](O)C2. The lowest BCUT2D eigenvalue weighted by molar-refractivity contribution is 0.0738. The number of fused-ring (bicyclic) bond motifs is 2. The van der Waals surface area contributed by atoms with Crippen molar-refractivity contribution < 1.29 is 10.2 Å². The third kappa shape index (κ3) is 0.634. The van der Waals surface area contributed by atoms with Crippen LogP contribution in [0.4, 0.5) is 0 Å². The Morgan fingerprint density at radius 2 is 1.89 bits per heavy atom. The van der Waals surface area contributed by atoms with Crippen LogP contribution in [0.1, 0.15) is 19.3 Å². The maximum atomic E-state index is 9.34. The average Bonchev–Trinajstić information content (AvgIpc) is 2.25. The van der Waals surface area contributed by atoms with E-state index in [1.807, 2.05) is 0 Å². The van der Waals surface area contributed by atoms with Gasteiger partial charge in [0.05, 0.1) is 12.2 Å². The molecule has 52 valence electrons.